The fourth-order valence-electron chi connectivity index (χ4n) is 5.99. The second-order valence-corrected chi connectivity index (χ2v) is 11.8. The summed E-state index contributed by atoms with van der Waals surface area (Å²) in [7, 11) is 0. The van der Waals surface area contributed by atoms with E-state index in [1.54, 1.807) is 22.4 Å². The third-order valence-electron chi connectivity index (χ3n) is 8.16. The van der Waals surface area contributed by atoms with Gasteiger partial charge in [0.15, 0.2) is 5.13 Å². The van der Waals surface area contributed by atoms with Crippen LogP contribution in [0.3, 0.4) is 0 Å². The van der Waals surface area contributed by atoms with Crippen molar-refractivity contribution in [2.75, 3.05) is 31.1 Å². The number of amides is 1. The van der Waals surface area contributed by atoms with Crippen molar-refractivity contribution in [3.63, 3.8) is 0 Å². The molecule has 6 nitrogen and oxygen atoms in total. The monoisotopic (exact) mass is 525 g/mol. The lowest BCUT2D eigenvalue weighted by molar-refractivity contribution is 0.0257. The molecule has 37 heavy (non-hydrogen) atoms. The number of carbonyl (C=O) groups excluding carboxylic acids is 1. The van der Waals surface area contributed by atoms with Crippen LogP contribution < -0.4 is 10.2 Å². The zero-order valence-electron chi connectivity index (χ0n) is 21.0. The SMILES string of the molecule is O=C(NC1CCC(CCN2CCc3sc(N4CCC(F)(F)C4)nc3C2)CC1)c1cccc2ncccc12. The number of nitrogens with zero attached hydrogens (tertiary/aromatic N) is 4. The zero-order valence-corrected chi connectivity index (χ0v) is 21.8. The van der Waals surface area contributed by atoms with Crippen molar-refractivity contribution in [3.05, 3.63) is 52.7 Å². The fourth-order valence-corrected chi connectivity index (χ4v) is 7.07. The maximum absolute atomic E-state index is 13.6. The number of alkyl halides is 2. The first-order valence-corrected chi connectivity index (χ1v) is 14.2. The standard InChI is InChI=1S/C28H33F2N5OS/c29-28(30)12-16-35(18-28)27-33-24-17-34(15-11-25(24)37-27)14-10-19-6-8-20(9-7-19)32-26(36)22-3-1-5-23-21(22)4-2-13-31-23/h1-5,13,19-20H,6-12,14-18H2,(H,32,36). The molecule has 1 aliphatic carbocycles. The lowest BCUT2D eigenvalue weighted by Gasteiger charge is -2.32. The number of rotatable bonds is 6. The van der Waals surface area contributed by atoms with Crippen molar-refractivity contribution in [2.24, 2.45) is 5.92 Å². The molecule has 3 aliphatic rings. The summed E-state index contributed by atoms with van der Waals surface area (Å²) in [6.45, 7) is 3.06. The van der Waals surface area contributed by atoms with E-state index in [0.717, 1.165) is 79.9 Å². The van der Waals surface area contributed by atoms with E-state index in [4.69, 9.17) is 4.98 Å². The maximum atomic E-state index is 13.6. The molecule has 196 valence electrons. The molecule has 2 aliphatic heterocycles. The van der Waals surface area contributed by atoms with Gasteiger partial charge in [-0.15, -0.1) is 11.3 Å². The van der Waals surface area contributed by atoms with Gasteiger partial charge in [0.05, 0.1) is 17.8 Å². The van der Waals surface area contributed by atoms with Crippen molar-refractivity contribution < 1.29 is 13.6 Å². The molecular weight excluding hydrogens is 492 g/mol. The smallest absolute Gasteiger partial charge is 0.267 e. The maximum Gasteiger partial charge on any atom is 0.267 e. The second-order valence-electron chi connectivity index (χ2n) is 10.8. The van der Waals surface area contributed by atoms with E-state index in [9.17, 15) is 13.6 Å². The normalized spacial score (nSPS) is 23.8. The Morgan fingerprint density at radius 1 is 1.14 bits per heavy atom. The minimum absolute atomic E-state index is 0.00791. The van der Waals surface area contributed by atoms with Crippen LogP contribution in [0.25, 0.3) is 10.9 Å². The number of hydrogen-bond donors (Lipinski definition) is 1. The molecule has 0 unspecified atom stereocenters. The molecule has 1 N–H and O–H groups in total. The van der Waals surface area contributed by atoms with Crippen molar-refractivity contribution >= 4 is 33.3 Å². The second kappa shape index (κ2) is 10.3. The van der Waals surface area contributed by atoms with Crippen LogP contribution in [-0.2, 0) is 13.0 Å². The van der Waals surface area contributed by atoms with Crippen LogP contribution in [0.5, 0.6) is 0 Å². The van der Waals surface area contributed by atoms with Crippen LogP contribution in [0.15, 0.2) is 36.5 Å². The number of pyridine rings is 1. The lowest BCUT2D eigenvalue weighted by atomic mass is 9.84. The molecule has 3 aromatic rings. The van der Waals surface area contributed by atoms with Gasteiger partial charge >= 0.3 is 0 Å². The van der Waals surface area contributed by atoms with E-state index in [2.05, 4.69) is 15.2 Å². The van der Waals surface area contributed by atoms with Crippen molar-refractivity contribution in [3.8, 4) is 0 Å². The summed E-state index contributed by atoms with van der Waals surface area (Å²) in [4.78, 5) is 27.6. The van der Waals surface area contributed by atoms with Crippen molar-refractivity contribution in [2.45, 2.75) is 63.5 Å². The predicted octanol–water partition coefficient (Wildman–Crippen LogP) is 5.27. The van der Waals surface area contributed by atoms with Gasteiger partial charge in [0.25, 0.3) is 11.8 Å². The Labute approximate surface area is 220 Å². The molecule has 9 heteroatoms. The topological polar surface area (TPSA) is 61.4 Å². The van der Waals surface area contributed by atoms with Crippen LogP contribution in [0.2, 0.25) is 0 Å². The molecule has 0 bridgehead atoms. The van der Waals surface area contributed by atoms with Crippen LogP contribution in [0, 0.1) is 5.92 Å². The number of anilines is 1. The average Bonchev–Trinajstić information content (AvgIpc) is 3.50. The van der Waals surface area contributed by atoms with Gasteiger partial charge in [0, 0.05) is 54.1 Å². The lowest BCUT2D eigenvalue weighted by Crippen LogP contribution is -2.38. The Kier molecular flexibility index (Phi) is 6.84. The summed E-state index contributed by atoms with van der Waals surface area (Å²) >= 11 is 1.60. The number of thiazole rings is 1. The molecule has 1 saturated heterocycles. The average molecular weight is 526 g/mol. The number of benzene rings is 1. The van der Waals surface area contributed by atoms with Gasteiger partial charge in [0.2, 0.25) is 0 Å². The minimum atomic E-state index is -2.59. The number of hydrogen-bond acceptors (Lipinski definition) is 6. The summed E-state index contributed by atoms with van der Waals surface area (Å²) in [5.74, 6) is -1.92. The molecule has 0 spiro atoms. The third kappa shape index (κ3) is 5.48. The summed E-state index contributed by atoms with van der Waals surface area (Å²) in [6.07, 6.45) is 8.08. The Morgan fingerprint density at radius 2 is 2.00 bits per heavy atom. The largest absolute Gasteiger partial charge is 0.349 e. The Bertz CT molecular complexity index is 1270. The van der Waals surface area contributed by atoms with E-state index in [1.165, 1.54) is 4.88 Å². The van der Waals surface area contributed by atoms with E-state index in [1.807, 2.05) is 30.3 Å². The van der Waals surface area contributed by atoms with Crippen molar-refractivity contribution in [1.29, 1.82) is 0 Å². The number of aromatic nitrogens is 2. The molecule has 0 radical (unpaired) electrons. The summed E-state index contributed by atoms with van der Waals surface area (Å²) in [5, 5.41) is 4.92. The highest BCUT2D eigenvalue weighted by atomic mass is 32.1. The molecule has 6 rings (SSSR count). The molecule has 2 fully saturated rings. The van der Waals surface area contributed by atoms with Crippen LogP contribution in [0.1, 0.15) is 59.5 Å². The molecule has 1 aromatic carbocycles. The molecule has 4 heterocycles. The highest BCUT2D eigenvalue weighted by Crippen LogP contribution is 2.36. The summed E-state index contributed by atoms with van der Waals surface area (Å²) < 4.78 is 27.3. The first-order valence-electron chi connectivity index (χ1n) is 13.4. The van der Waals surface area contributed by atoms with Crippen LogP contribution in [0.4, 0.5) is 13.9 Å². The number of fused-ring (bicyclic) bond motifs is 2. The highest BCUT2D eigenvalue weighted by molar-refractivity contribution is 7.15. The van der Waals surface area contributed by atoms with Crippen LogP contribution in [-0.4, -0.2) is 58.9 Å². The molecule has 0 atom stereocenters. The first-order chi connectivity index (χ1) is 17.9. The predicted molar refractivity (Wildman–Crippen MR) is 142 cm³/mol. The van der Waals surface area contributed by atoms with Gasteiger partial charge in [-0.1, -0.05) is 12.1 Å². The van der Waals surface area contributed by atoms with E-state index in [0.29, 0.717) is 18.0 Å². The molecular formula is C28H33F2N5OS. The van der Waals surface area contributed by atoms with Gasteiger partial charge in [0.1, 0.15) is 0 Å². The molecule has 1 amide bonds. The van der Waals surface area contributed by atoms with Gasteiger partial charge in [-0.3, -0.25) is 14.7 Å². The Balaban J connectivity index is 0.964. The summed E-state index contributed by atoms with van der Waals surface area (Å²) in [6, 6.07) is 9.75. The van der Waals surface area contributed by atoms with Gasteiger partial charge in [-0.05, 0) is 69.2 Å². The number of carbonyl (C=O) groups is 1. The quantitative estimate of drug-likeness (QED) is 0.475. The Hall–Kier alpha value is -2.65. The van der Waals surface area contributed by atoms with Crippen LogP contribution >= 0.6 is 11.3 Å². The van der Waals surface area contributed by atoms with E-state index in [-0.39, 0.29) is 24.9 Å². The summed E-state index contributed by atoms with van der Waals surface area (Å²) in [5.41, 5.74) is 2.62. The van der Waals surface area contributed by atoms with Gasteiger partial charge in [-0.25, -0.2) is 13.8 Å². The Morgan fingerprint density at radius 3 is 2.81 bits per heavy atom. The molecule has 2 aromatic heterocycles. The fraction of sp³-hybridized carbons (Fsp3) is 0.536. The first kappa shape index (κ1) is 24.7. The van der Waals surface area contributed by atoms with E-state index >= 15 is 0 Å². The highest BCUT2D eigenvalue weighted by Gasteiger charge is 2.39. The number of halogens is 2. The van der Waals surface area contributed by atoms with Gasteiger partial charge in [-0.2, -0.15) is 0 Å². The van der Waals surface area contributed by atoms with E-state index < -0.39 is 5.92 Å². The third-order valence-corrected chi connectivity index (χ3v) is 9.38. The zero-order chi connectivity index (χ0) is 25.4. The molecule has 1 saturated carbocycles. The minimum Gasteiger partial charge on any atom is -0.349 e. The van der Waals surface area contributed by atoms with Gasteiger partial charge < -0.3 is 10.2 Å². The van der Waals surface area contributed by atoms with Crippen molar-refractivity contribution in [1.82, 2.24) is 20.2 Å². The number of nitrogens with one attached hydrogen (secondary N) is 1.